The van der Waals surface area contributed by atoms with Crippen molar-refractivity contribution in [1.82, 2.24) is 9.78 Å². The molecule has 16 heavy (non-hydrogen) atoms. The van der Waals surface area contributed by atoms with Crippen LogP contribution in [-0.2, 0) is 12.5 Å². The lowest BCUT2D eigenvalue weighted by Gasteiger charge is -2.37. The standard InChI is InChI=1S/C13H23N3/c1-10-12(11(2)16(3)15-10)13(9-14)7-5-4-6-8-13/h4-9,14H2,1-3H3. The van der Waals surface area contributed by atoms with Gasteiger partial charge in [0.05, 0.1) is 5.69 Å². The zero-order valence-electron chi connectivity index (χ0n) is 10.7. The molecule has 0 aromatic carbocycles. The Morgan fingerprint density at radius 1 is 1.25 bits per heavy atom. The molecule has 1 aromatic rings. The van der Waals surface area contributed by atoms with Crippen LogP contribution in [0, 0.1) is 13.8 Å². The molecule has 1 fully saturated rings. The molecule has 0 atom stereocenters. The fourth-order valence-electron chi connectivity index (χ4n) is 3.33. The molecule has 0 bridgehead atoms. The van der Waals surface area contributed by atoms with Crippen molar-refractivity contribution in [2.45, 2.75) is 51.4 Å². The van der Waals surface area contributed by atoms with Gasteiger partial charge in [-0.15, -0.1) is 0 Å². The van der Waals surface area contributed by atoms with Gasteiger partial charge in [0.25, 0.3) is 0 Å². The number of hydrogen-bond donors (Lipinski definition) is 1. The molecule has 1 aliphatic carbocycles. The van der Waals surface area contributed by atoms with E-state index < -0.39 is 0 Å². The number of aromatic nitrogens is 2. The van der Waals surface area contributed by atoms with Crippen LogP contribution >= 0.6 is 0 Å². The van der Waals surface area contributed by atoms with E-state index >= 15 is 0 Å². The van der Waals surface area contributed by atoms with E-state index in [-0.39, 0.29) is 5.41 Å². The van der Waals surface area contributed by atoms with Crippen molar-refractivity contribution in [3.05, 3.63) is 17.0 Å². The summed E-state index contributed by atoms with van der Waals surface area (Å²) in [5.41, 5.74) is 10.2. The van der Waals surface area contributed by atoms with Gasteiger partial charge < -0.3 is 5.73 Å². The molecule has 2 rings (SSSR count). The zero-order valence-corrected chi connectivity index (χ0v) is 10.7. The van der Waals surface area contributed by atoms with Crippen LogP contribution in [-0.4, -0.2) is 16.3 Å². The summed E-state index contributed by atoms with van der Waals surface area (Å²) in [5, 5.41) is 4.54. The van der Waals surface area contributed by atoms with E-state index in [1.165, 1.54) is 49.1 Å². The van der Waals surface area contributed by atoms with Crippen LogP contribution < -0.4 is 5.73 Å². The summed E-state index contributed by atoms with van der Waals surface area (Å²) >= 11 is 0. The van der Waals surface area contributed by atoms with E-state index in [1.54, 1.807) is 0 Å². The first kappa shape index (κ1) is 11.6. The summed E-state index contributed by atoms with van der Waals surface area (Å²) in [6.07, 6.45) is 6.45. The predicted molar refractivity (Wildman–Crippen MR) is 66.5 cm³/mol. The third kappa shape index (κ3) is 1.67. The summed E-state index contributed by atoms with van der Waals surface area (Å²) in [6.45, 7) is 5.05. The minimum absolute atomic E-state index is 0.209. The van der Waals surface area contributed by atoms with Gasteiger partial charge in [-0.2, -0.15) is 5.10 Å². The van der Waals surface area contributed by atoms with Gasteiger partial charge >= 0.3 is 0 Å². The van der Waals surface area contributed by atoms with Crippen molar-refractivity contribution in [1.29, 1.82) is 0 Å². The Bertz CT molecular complexity index is 373. The molecule has 0 amide bonds. The fraction of sp³-hybridized carbons (Fsp3) is 0.769. The molecule has 3 heteroatoms. The maximum Gasteiger partial charge on any atom is 0.0634 e. The normalized spacial score (nSPS) is 20.0. The highest BCUT2D eigenvalue weighted by Crippen LogP contribution is 2.41. The fourth-order valence-corrected chi connectivity index (χ4v) is 3.33. The predicted octanol–water partition coefficient (Wildman–Crippen LogP) is 2.20. The molecule has 0 aliphatic heterocycles. The Kier molecular flexibility index (Phi) is 3.06. The topological polar surface area (TPSA) is 43.8 Å². The second-order valence-corrected chi connectivity index (χ2v) is 5.21. The molecule has 0 spiro atoms. The smallest absolute Gasteiger partial charge is 0.0634 e. The summed E-state index contributed by atoms with van der Waals surface area (Å²) < 4.78 is 2.00. The second-order valence-electron chi connectivity index (χ2n) is 5.21. The van der Waals surface area contributed by atoms with Crippen LogP contribution in [0.1, 0.15) is 49.1 Å². The van der Waals surface area contributed by atoms with Crippen molar-refractivity contribution >= 4 is 0 Å². The molecule has 1 aliphatic rings. The SMILES string of the molecule is Cc1nn(C)c(C)c1C1(CN)CCCCC1. The first-order chi connectivity index (χ1) is 7.60. The molecule has 90 valence electrons. The first-order valence-corrected chi connectivity index (χ1v) is 6.31. The number of aryl methyl sites for hydroxylation is 2. The summed E-state index contributed by atoms with van der Waals surface area (Å²) in [5.74, 6) is 0. The maximum atomic E-state index is 6.08. The number of nitrogens with zero attached hydrogens (tertiary/aromatic N) is 2. The van der Waals surface area contributed by atoms with E-state index in [0.717, 1.165) is 6.54 Å². The van der Waals surface area contributed by atoms with Crippen molar-refractivity contribution in [2.24, 2.45) is 12.8 Å². The van der Waals surface area contributed by atoms with Gasteiger partial charge in [-0.05, 0) is 26.7 Å². The molecule has 0 radical (unpaired) electrons. The zero-order chi connectivity index (χ0) is 11.8. The average Bonchev–Trinajstić information content (AvgIpc) is 2.54. The molecular formula is C13H23N3. The van der Waals surface area contributed by atoms with E-state index in [9.17, 15) is 0 Å². The largest absolute Gasteiger partial charge is 0.330 e. The van der Waals surface area contributed by atoms with Gasteiger partial charge in [-0.25, -0.2) is 0 Å². The number of hydrogen-bond acceptors (Lipinski definition) is 2. The van der Waals surface area contributed by atoms with E-state index in [0.29, 0.717) is 0 Å². The van der Waals surface area contributed by atoms with Gasteiger partial charge in [0.15, 0.2) is 0 Å². The Morgan fingerprint density at radius 2 is 1.88 bits per heavy atom. The highest BCUT2D eigenvalue weighted by molar-refractivity contribution is 5.34. The Morgan fingerprint density at radius 3 is 2.31 bits per heavy atom. The quantitative estimate of drug-likeness (QED) is 0.832. The maximum absolute atomic E-state index is 6.08. The molecule has 1 aromatic heterocycles. The monoisotopic (exact) mass is 221 g/mol. The van der Waals surface area contributed by atoms with Crippen LogP contribution in [0.15, 0.2) is 0 Å². The highest BCUT2D eigenvalue weighted by atomic mass is 15.3. The molecule has 0 unspecified atom stereocenters. The lowest BCUT2D eigenvalue weighted by molar-refractivity contribution is 0.298. The lowest BCUT2D eigenvalue weighted by atomic mass is 9.68. The van der Waals surface area contributed by atoms with Crippen LogP contribution in [0.2, 0.25) is 0 Å². The van der Waals surface area contributed by atoms with Gasteiger partial charge in [-0.3, -0.25) is 4.68 Å². The third-order valence-corrected chi connectivity index (χ3v) is 4.24. The third-order valence-electron chi connectivity index (χ3n) is 4.24. The van der Waals surface area contributed by atoms with E-state index in [1.807, 2.05) is 11.7 Å². The van der Waals surface area contributed by atoms with Gasteiger partial charge in [0.1, 0.15) is 0 Å². The average molecular weight is 221 g/mol. The first-order valence-electron chi connectivity index (χ1n) is 6.31. The lowest BCUT2D eigenvalue weighted by Crippen LogP contribution is -2.38. The summed E-state index contributed by atoms with van der Waals surface area (Å²) in [7, 11) is 2.03. The van der Waals surface area contributed by atoms with Crippen molar-refractivity contribution < 1.29 is 0 Å². The number of nitrogens with two attached hydrogens (primary N) is 1. The molecule has 1 heterocycles. The van der Waals surface area contributed by atoms with Crippen LogP contribution in [0.25, 0.3) is 0 Å². The molecular weight excluding hydrogens is 198 g/mol. The Labute approximate surface area is 98.0 Å². The minimum Gasteiger partial charge on any atom is -0.330 e. The van der Waals surface area contributed by atoms with Gasteiger partial charge in [-0.1, -0.05) is 19.3 Å². The van der Waals surface area contributed by atoms with Crippen molar-refractivity contribution in [2.75, 3.05) is 6.54 Å². The van der Waals surface area contributed by atoms with Gasteiger partial charge in [0.2, 0.25) is 0 Å². The van der Waals surface area contributed by atoms with Crippen LogP contribution in [0.5, 0.6) is 0 Å². The second kappa shape index (κ2) is 4.21. The molecule has 2 N–H and O–H groups in total. The molecule has 3 nitrogen and oxygen atoms in total. The van der Waals surface area contributed by atoms with E-state index in [2.05, 4.69) is 18.9 Å². The van der Waals surface area contributed by atoms with Crippen molar-refractivity contribution in [3.63, 3.8) is 0 Å². The van der Waals surface area contributed by atoms with Gasteiger partial charge in [0, 0.05) is 30.3 Å². The minimum atomic E-state index is 0.209. The molecule has 0 saturated heterocycles. The molecule has 1 saturated carbocycles. The van der Waals surface area contributed by atoms with Crippen molar-refractivity contribution in [3.8, 4) is 0 Å². The Balaban J connectivity index is 2.46. The summed E-state index contributed by atoms with van der Waals surface area (Å²) in [4.78, 5) is 0. The van der Waals surface area contributed by atoms with E-state index in [4.69, 9.17) is 5.73 Å². The summed E-state index contributed by atoms with van der Waals surface area (Å²) in [6, 6.07) is 0. The van der Waals surface area contributed by atoms with Crippen LogP contribution in [0.3, 0.4) is 0 Å². The van der Waals surface area contributed by atoms with Crippen LogP contribution in [0.4, 0.5) is 0 Å². The Hall–Kier alpha value is -0.830. The highest BCUT2D eigenvalue weighted by Gasteiger charge is 2.36. The number of rotatable bonds is 2.